The first-order valence-corrected chi connectivity index (χ1v) is 7.62. The maximum absolute atomic E-state index is 12.9. The average molecular weight is 352 g/mol. The van der Waals surface area contributed by atoms with Crippen LogP contribution in [0.4, 0.5) is 10.2 Å². The number of amides is 1. The molecule has 1 fully saturated rings. The van der Waals surface area contributed by atoms with Crippen LogP contribution in [0, 0.1) is 5.82 Å². The molecule has 5 nitrogen and oxygen atoms in total. The van der Waals surface area contributed by atoms with Crippen LogP contribution in [0.15, 0.2) is 42.5 Å². The van der Waals surface area contributed by atoms with Gasteiger partial charge in [0.05, 0.1) is 0 Å². The van der Waals surface area contributed by atoms with Gasteiger partial charge in [-0.2, -0.15) is 4.98 Å². The van der Waals surface area contributed by atoms with E-state index in [1.54, 1.807) is 18.2 Å². The summed E-state index contributed by atoms with van der Waals surface area (Å²) in [5, 5.41) is 5.97. The van der Waals surface area contributed by atoms with E-state index in [0.717, 1.165) is 25.9 Å². The summed E-state index contributed by atoms with van der Waals surface area (Å²) in [6.07, 6.45) is 2.02. The Morgan fingerprint density at radius 2 is 1.92 bits per heavy atom. The van der Waals surface area contributed by atoms with Crippen LogP contribution < -0.4 is 27.8 Å². The average Bonchev–Trinajstić information content (AvgIpc) is 2.57. The summed E-state index contributed by atoms with van der Waals surface area (Å²) in [6, 6.07) is 10.6. The first kappa shape index (κ1) is 18.2. The number of benzene rings is 1. The molecule has 1 aliphatic rings. The van der Waals surface area contributed by atoms with Gasteiger partial charge in [0, 0.05) is 11.6 Å². The van der Waals surface area contributed by atoms with Crippen LogP contribution in [-0.4, -0.2) is 30.1 Å². The fraction of sp³-hybridized carbons (Fsp3) is 0.294. The third kappa shape index (κ3) is 4.91. The molecule has 1 amide bonds. The van der Waals surface area contributed by atoms with Crippen molar-refractivity contribution in [2.45, 2.75) is 18.9 Å². The predicted octanol–water partition coefficient (Wildman–Crippen LogP) is -0.280. The lowest BCUT2D eigenvalue weighted by atomic mass is 10.1. The lowest BCUT2D eigenvalue weighted by molar-refractivity contribution is -0.0000146. The lowest BCUT2D eigenvalue weighted by Gasteiger charge is -2.23. The second-order valence-electron chi connectivity index (χ2n) is 5.39. The summed E-state index contributed by atoms with van der Waals surface area (Å²) in [5.41, 5.74) is 0.373. The van der Waals surface area contributed by atoms with Gasteiger partial charge in [-0.1, -0.05) is 6.07 Å². The molecule has 2 aromatic rings. The zero-order valence-electron chi connectivity index (χ0n) is 14.0. The Balaban J connectivity index is 0.00000156. The Hall–Kier alpha value is -2.18. The molecule has 7 heteroatoms. The van der Waals surface area contributed by atoms with Crippen LogP contribution in [0.25, 0.3) is 0 Å². The molecule has 0 bridgehead atoms. The van der Waals surface area contributed by atoms with Crippen molar-refractivity contribution in [3.05, 3.63) is 53.8 Å². The first-order valence-electron chi connectivity index (χ1n) is 7.62. The SMILES string of the molecule is O=C(Nc1cccc(OC2CCNCC2)n1)c1ccc(F)cc1.[Cl-].[H+]. The van der Waals surface area contributed by atoms with E-state index in [-0.39, 0.29) is 31.7 Å². The summed E-state index contributed by atoms with van der Waals surface area (Å²) in [6.45, 7) is 1.87. The van der Waals surface area contributed by atoms with Crippen molar-refractivity contribution in [3.8, 4) is 5.88 Å². The molecule has 2 N–H and O–H groups in total. The molecule has 0 unspecified atom stereocenters. The highest BCUT2D eigenvalue weighted by atomic mass is 35.5. The topological polar surface area (TPSA) is 63.2 Å². The molecule has 0 atom stereocenters. The molecule has 2 heterocycles. The van der Waals surface area contributed by atoms with E-state index >= 15 is 0 Å². The van der Waals surface area contributed by atoms with Crippen molar-refractivity contribution in [3.63, 3.8) is 0 Å². The highest BCUT2D eigenvalue weighted by Gasteiger charge is 2.15. The van der Waals surface area contributed by atoms with Gasteiger partial charge in [-0.15, -0.1) is 0 Å². The molecule has 128 valence electrons. The third-order valence-electron chi connectivity index (χ3n) is 3.65. The van der Waals surface area contributed by atoms with E-state index in [1.165, 1.54) is 24.3 Å². The van der Waals surface area contributed by atoms with E-state index in [4.69, 9.17) is 4.74 Å². The molecular weight excluding hydrogens is 333 g/mol. The number of nitrogens with one attached hydrogen (secondary N) is 2. The fourth-order valence-corrected chi connectivity index (χ4v) is 2.42. The zero-order valence-corrected chi connectivity index (χ0v) is 13.7. The van der Waals surface area contributed by atoms with E-state index in [9.17, 15) is 9.18 Å². The number of halogens is 2. The fourth-order valence-electron chi connectivity index (χ4n) is 2.42. The van der Waals surface area contributed by atoms with Crippen molar-refractivity contribution in [1.82, 2.24) is 10.3 Å². The van der Waals surface area contributed by atoms with Gasteiger partial charge >= 0.3 is 1.43 Å². The second kappa shape index (κ2) is 8.61. The van der Waals surface area contributed by atoms with Crippen molar-refractivity contribution in [2.24, 2.45) is 0 Å². The van der Waals surface area contributed by atoms with Gasteiger partial charge in [0.25, 0.3) is 5.91 Å². The van der Waals surface area contributed by atoms with Crippen LogP contribution in [0.3, 0.4) is 0 Å². The van der Waals surface area contributed by atoms with Gasteiger partial charge in [-0.25, -0.2) is 4.39 Å². The summed E-state index contributed by atoms with van der Waals surface area (Å²) < 4.78 is 18.7. The minimum atomic E-state index is -0.378. The minimum absolute atomic E-state index is 0. The normalized spacial score (nSPS) is 14.5. The number of anilines is 1. The maximum atomic E-state index is 12.9. The van der Waals surface area contributed by atoms with E-state index in [2.05, 4.69) is 15.6 Å². The van der Waals surface area contributed by atoms with Crippen molar-refractivity contribution in [1.29, 1.82) is 0 Å². The van der Waals surface area contributed by atoms with Crippen molar-refractivity contribution in [2.75, 3.05) is 18.4 Å². The van der Waals surface area contributed by atoms with Crippen LogP contribution in [0.1, 0.15) is 24.6 Å². The van der Waals surface area contributed by atoms with Crippen molar-refractivity contribution >= 4 is 11.7 Å². The Bertz CT molecular complexity index is 682. The number of hydrogen-bond acceptors (Lipinski definition) is 4. The van der Waals surface area contributed by atoms with Gasteiger partial charge in [-0.3, -0.25) is 4.79 Å². The lowest BCUT2D eigenvalue weighted by Crippen LogP contribution is -3.00. The van der Waals surface area contributed by atoms with Crippen LogP contribution in [-0.2, 0) is 0 Å². The van der Waals surface area contributed by atoms with Gasteiger partial charge < -0.3 is 27.8 Å². The zero-order chi connectivity index (χ0) is 16.1. The molecule has 1 aliphatic heterocycles. The van der Waals surface area contributed by atoms with Gasteiger partial charge in [0.1, 0.15) is 17.7 Å². The molecule has 0 aliphatic carbocycles. The van der Waals surface area contributed by atoms with Crippen LogP contribution >= 0.6 is 0 Å². The molecule has 1 aromatic heterocycles. The Labute approximate surface area is 147 Å². The number of carbonyl (C=O) groups excluding carboxylic acids is 1. The van der Waals surface area contributed by atoms with E-state index in [1.807, 2.05) is 0 Å². The number of carbonyl (C=O) groups is 1. The Morgan fingerprint density at radius 3 is 2.62 bits per heavy atom. The first-order chi connectivity index (χ1) is 11.2. The van der Waals surface area contributed by atoms with Gasteiger partial charge in [0.15, 0.2) is 0 Å². The molecule has 3 rings (SSSR count). The minimum Gasteiger partial charge on any atom is -1.00 e. The number of rotatable bonds is 4. The molecular formula is C17H19ClFN3O2. The molecule has 0 spiro atoms. The van der Waals surface area contributed by atoms with Gasteiger partial charge in [-0.05, 0) is 56.3 Å². The predicted molar refractivity (Wildman–Crippen MR) is 86.2 cm³/mol. The largest absolute Gasteiger partial charge is 1.00 e. The summed E-state index contributed by atoms with van der Waals surface area (Å²) in [4.78, 5) is 16.4. The van der Waals surface area contributed by atoms with Crippen LogP contribution in [0.5, 0.6) is 5.88 Å². The number of aromatic nitrogens is 1. The highest BCUT2D eigenvalue weighted by Crippen LogP contribution is 2.17. The number of ether oxygens (including phenoxy) is 1. The van der Waals surface area contributed by atoms with E-state index < -0.39 is 0 Å². The maximum Gasteiger partial charge on any atom is 1.00 e. The number of hydrogen-bond donors (Lipinski definition) is 2. The second-order valence-corrected chi connectivity index (χ2v) is 5.39. The standard InChI is InChI=1S/C17H18FN3O2.ClH/c18-13-6-4-12(5-7-13)17(22)21-15-2-1-3-16(20-15)23-14-8-10-19-11-9-14;/h1-7,14,19H,8-11H2,(H,20,21,22);1H. The number of piperidine rings is 1. The number of pyridine rings is 1. The summed E-state index contributed by atoms with van der Waals surface area (Å²) >= 11 is 0. The van der Waals surface area contributed by atoms with Gasteiger partial charge in [0.2, 0.25) is 5.88 Å². The monoisotopic (exact) mass is 351 g/mol. The Morgan fingerprint density at radius 1 is 1.21 bits per heavy atom. The molecule has 1 aromatic carbocycles. The molecule has 0 saturated carbocycles. The number of nitrogens with zero attached hydrogens (tertiary/aromatic N) is 1. The third-order valence-corrected chi connectivity index (χ3v) is 3.65. The van der Waals surface area contributed by atoms with Crippen molar-refractivity contribution < 1.29 is 27.8 Å². The molecule has 24 heavy (non-hydrogen) atoms. The summed E-state index contributed by atoms with van der Waals surface area (Å²) in [5.74, 6) is 0.188. The smallest absolute Gasteiger partial charge is 1.00 e. The quantitative estimate of drug-likeness (QED) is 0.795. The van der Waals surface area contributed by atoms with Crippen LogP contribution in [0.2, 0.25) is 0 Å². The molecule has 1 saturated heterocycles. The van der Waals surface area contributed by atoms with E-state index in [0.29, 0.717) is 17.3 Å². The highest BCUT2D eigenvalue weighted by molar-refractivity contribution is 6.03. The Kier molecular flexibility index (Phi) is 6.52. The molecule has 0 radical (unpaired) electrons. The summed E-state index contributed by atoms with van der Waals surface area (Å²) in [7, 11) is 0.